The molecule has 0 spiro atoms. The van der Waals surface area contributed by atoms with Crippen LogP contribution in [0.4, 0.5) is 0 Å². The fourth-order valence-electron chi connectivity index (χ4n) is 5.80. The molecule has 1 N–H and O–H groups in total. The van der Waals surface area contributed by atoms with Crippen LogP contribution < -0.4 is 0 Å². The molecule has 0 radical (unpaired) electrons. The van der Waals surface area contributed by atoms with E-state index >= 15 is 0 Å². The Morgan fingerprint density at radius 1 is 0.366 bits per heavy atom. The molecule has 0 aliphatic carbocycles. The Labute approximate surface area is 260 Å². The molecule has 0 heterocycles. The summed E-state index contributed by atoms with van der Waals surface area (Å²) in [5.41, 5.74) is 0. The van der Waals surface area contributed by atoms with Crippen molar-refractivity contribution < 1.29 is 9.90 Å². The molecule has 0 aliphatic rings. The van der Waals surface area contributed by atoms with Crippen molar-refractivity contribution in [2.45, 2.75) is 232 Å². The lowest BCUT2D eigenvalue weighted by Crippen LogP contribution is -1.85. The van der Waals surface area contributed by atoms with Gasteiger partial charge in [0.2, 0.25) is 0 Å². The predicted molar refractivity (Wildman–Crippen MR) is 186 cm³/mol. The van der Waals surface area contributed by atoms with Crippen molar-refractivity contribution in [1.82, 2.24) is 0 Å². The van der Waals surface area contributed by atoms with Gasteiger partial charge >= 0.3 is 5.97 Å². The zero-order chi connectivity index (χ0) is 30.3. The van der Waals surface area contributed by atoms with Crippen molar-refractivity contribution in [2.75, 3.05) is 0 Å². The topological polar surface area (TPSA) is 37.3 Å². The van der Waals surface area contributed by atoms with Crippen LogP contribution in [0.1, 0.15) is 232 Å². The zero-order valence-electron chi connectivity index (χ0n) is 28.7. The summed E-state index contributed by atoms with van der Waals surface area (Å²) in [6.45, 7) is 7.58. The second kappa shape index (κ2) is 41.3. The molecule has 2 heteroatoms. The monoisotopic (exact) mass is 579 g/mol. The third kappa shape index (κ3) is 46.4. The molecule has 0 aliphatic heterocycles. The molecule has 0 aromatic carbocycles. The van der Waals surface area contributed by atoms with Crippen LogP contribution >= 0.6 is 0 Å². The van der Waals surface area contributed by atoms with E-state index in [0.29, 0.717) is 0 Å². The fourth-order valence-corrected chi connectivity index (χ4v) is 5.80. The molecule has 0 bridgehead atoms. The number of rotatable bonds is 34. The molecule has 41 heavy (non-hydrogen) atoms. The smallest absolute Gasteiger partial charge is 0.327 e. The summed E-state index contributed by atoms with van der Waals surface area (Å²) < 4.78 is 0. The van der Waals surface area contributed by atoms with Crippen LogP contribution in [-0.2, 0) is 4.79 Å². The molecule has 0 atom stereocenters. The SMILES string of the molecule is C=CC(=O)O.CCCCCCCCCCCCCCCCCCCCCCCCCCCCCCCCCCCC. The van der Waals surface area contributed by atoms with Crippen molar-refractivity contribution in [3.63, 3.8) is 0 Å². The lowest BCUT2D eigenvalue weighted by Gasteiger charge is -2.05. The maximum absolute atomic E-state index is 9.25. The second-order valence-electron chi connectivity index (χ2n) is 12.9. The maximum Gasteiger partial charge on any atom is 0.327 e. The zero-order valence-corrected chi connectivity index (χ0v) is 28.7. The normalized spacial score (nSPS) is 10.9. The average molecular weight is 579 g/mol. The molecule has 0 amide bonds. The van der Waals surface area contributed by atoms with Gasteiger partial charge in [-0.2, -0.15) is 0 Å². The van der Waals surface area contributed by atoms with E-state index in [1.54, 1.807) is 0 Å². The van der Waals surface area contributed by atoms with Crippen LogP contribution in [0.25, 0.3) is 0 Å². The van der Waals surface area contributed by atoms with E-state index in [2.05, 4.69) is 20.4 Å². The Morgan fingerprint density at radius 3 is 0.537 bits per heavy atom. The van der Waals surface area contributed by atoms with Gasteiger partial charge in [-0.3, -0.25) is 0 Å². The number of hydrogen-bond donors (Lipinski definition) is 1. The standard InChI is InChI=1S/C36H74.C3H4O2/c1-3-5-7-9-11-13-15-17-19-21-23-25-27-29-31-33-35-36-34-32-30-28-26-24-22-20-18-16-14-12-10-8-6-4-2;1-2-3(4)5/h3-36H2,1-2H3;2H,1H2,(H,4,5). The summed E-state index contributed by atoms with van der Waals surface area (Å²) in [5.74, 6) is -0.981. The summed E-state index contributed by atoms with van der Waals surface area (Å²) in [7, 11) is 0. The number of carboxylic acids is 1. The molecule has 2 nitrogen and oxygen atoms in total. The minimum Gasteiger partial charge on any atom is -0.478 e. The van der Waals surface area contributed by atoms with Crippen molar-refractivity contribution in [1.29, 1.82) is 0 Å². The highest BCUT2D eigenvalue weighted by atomic mass is 16.4. The highest BCUT2D eigenvalue weighted by Crippen LogP contribution is 2.17. The van der Waals surface area contributed by atoms with Gasteiger partial charge in [0.05, 0.1) is 0 Å². The van der Waals surface area contributed by atoms with Gasteiger partial charge in [0, 0.05) is 6.08 Å². The van der Waals surface area contributed by atoms with E-state index in [1.807, 2.05) is 0 Å². The van der Waals surface area contributed by atoms with E-state index < -0.39 is 5.97 Å². The summed E-state index contributed by atoms with van der Waals surface area (Å²) in [6.07, 6.45) is 51.2. The first-order chi connectivity index (χ1) is 20.2. The molecular weight excluding hydrogens is 500 g/mol. The van der Waals surface area contributed by atoms with Crippen molar-refractivity contribution in [3.05, 3.63) is 12.7 Å². The molecule has 0 aromatic heterocycles. The summed E-state index contributed by atoms with van der Waals surface area (Å²) >= 11 is 0. The first kappa shape index (κ1) is 42.3. The molecule has 0 fully saturated rings. The number of carbonyl (C=O) groups is 1. The van der Waals surface area contributed by atoms with Crippen LogP contribution in [0.15, 0.2) is 12.7 Å². The quantitative estimate of drug-likeness (QED) is 0.0609. The lowest BCUT2D eigenvalue weighted by molar-refractivity contribution is -0.131. The van der Waals surface area contributed by atoms with Crippen LogP contribution in [0, 0.1) is 0 Å². The van der Waals surface area contributed by atoms with Crippen LogP contribution in [0.3, 0.4) is 0 Å². The van der Waals surface area contributed by atoms with Gasteiger partial charge in [-0.15, -0.1) is 0 Å². The van der Waals surface area contributed by atoms with Crippen LogP contribution in [0.5, 0.6) is 0 Å². The van der Waals surface area contributed by atoms with E-state index in [-0.39, 0.29) is 0 Å². The Balaban J connectivity index is 0. The minimum absolute atomic E-state index is 0.833. The Bertz CT molecular complexity index is 438. The molecule has 0 unspecified atom stereocenters. The molecule has 0 saturated carbocycles. The number of hydrogen-bond acceptors (Lipinski definition) is 1. The first-order valence-corrected chi connectivity index (χ1v) is 19.0. The fraction of sp³-hybridized carbons (Fsp3) is 0.923. The largest absolute Gasteiger partial charge is 0.478 e. The van der Waals surface area contributed by atoms with Crippen LogP contribution in [-0.4, -0.2) is 11.1 Å². The Kier molecular flexibility index (Phi) is 42.7. The van der Waals surface area contributed by atoms with Crippen molar-refractivity contribution in [2.24, 2.45) is 0 Å². The summed E-state index contributed by atoms with van der Waals surface area (Å²) in [5, 5.41) is 7.60. The third-order valence-electron chi connectivity index (χ3n) is 8.63. The summed E-state index contributed by atoms with van der Waals surface area (Å²) in [4.78, 5) is 9.25. The highest BCUT2D eigenvalue weighted by Gasteiger charge is 1.97. The average Bonchev–Trinajstić information content (AvgIpc) is 2.98. The van der Waals surface area contributed by atoms with E-state index in [9.17, 15) is 4.79 Å². The van der Waals surface area contributed by atoms with Gasteiger partial charge in [-0.05, 0) is 0 Å². The van der Waals surface area contributed by atoms with E-state index in [4.69, 9.17) is 5.11 Å². The number of unbranched alkanes of at least 4 members (excludes halogenated alkanes) is 33. The van der Waals surface area contributed by atoms with Gasteiger partial charge in [-0.25, -0.2) is 4.79 Å². The van der Waals surface area contributed by atoms with Crippen molar-refractivity contribution in [3.8, 4) is 0 Å². The first-order valence-electron chi connectivity index (χ1n) is 19.0. The van der Waals surface area contributed by atoms with E-state index in [1.165, 1.54) is 218 Å². The predicted octanol–water partition coefficient (Wildman–Crippen LogP) is 14.5. The summed E-state index contributed by atoms with van der Waals surface area (Å²) in [6, 6.07) is 0. The van der Waals surface area contributed by atoms with Gasteiger partial charge in [0.25, 0.3) is 0 Å². The second-order valence-corrected chi connectivity index (χ2v) is 12.9. The Hall–Kier alpha value is -0.790. The molecule has 0 rings (SSSR count). The molecular formula is C39H78O2. The maximum atomic E-state index is 9.25. The lowest BCUT2D eigenvalue weighted by atomic mass is 10.0. The minimum atomic E-state index is -0.981. The third-order valence-corrected chi connectivity index (χ3v) is 8.63. The van der Waals surface area contributed by atoms with Gasteiger partial charge in [-0.1, -0.05) is 239 Å². The van der Waals surface area contributed by atoms with Gasteiger partial charge < -0.3 is 5.11 Å². The van der Waals surface area contributed by atoms with Gasteiger partial charge in [0.1, 0.15) is 0 Å². The number of aliphatic carboxylic acids is 1. The van der Waals surface area contributed by atoms with Crippen molar-refractivity contribution >= 4 is 5.97 Å². The highest BCUT2D eigenvalue weighted by molar-refractivity contribution is 5.78. The Morgan fingerprint density at radius 2 is 0.463 bits per heavy atom. The van der Waals surface area contributed by atoms with Crippen LogP contribution in [0.2, 0.25) is 0 Å². The molecule has 246 valence electrons. The van der Waals surface area contributed by atoms with Gasteiger partial charge in [0.15, 0.2) is 0 Å². The molecule has 0 saturated heterocycles. The number of carboxylic acid groups (broad SMARTS) is 1. The molecule has 0 aromatic rings. The van der Waals surface area contributed by atoms with E-state index in [0.717, 1.165) is 6.08 Å².